The molecule has 0 aromatic rings. The van der Waals surface area contributed by atoms with Crippen molar-refractivity contribution < 1.29 is 9.59 Å². The fraction of sp³-hybridized carbons (Fsp3) is 0.750. The molecule has 0 spiro atoms. The third-order valence-corrected chi connectivity index (χ3v) is 5.98. The molecule has 4 aliphatic carbocycles. The Morgan fingerprint density at radius 2 is 1.65 bits per heavy atom. The molecule has 108 valence electrons. The number of carbonyl (C=O) groups is 2. The van der Waals surface area contributed by atoms with Gasteiger partial charge in [0.15, 0.2) is 0 Å². The molecule has 1 aliphatic heterocycles. The minimum absolute atomic E-state index is 0.0575. The van der Waals surface area contributed by atoms with Gasteiger partial charge in [-0.2, -0.15) is 0 Å². The Balaban J connectivity index is 1.61. The van der Waals surface area contributed by atoms with Crippen molar-refractivity contribution in [2.75, 3.05) is 13.1 Å². The van der Waals surface area contributed by atoms with E-state index in [0.29, 0.717) is 30.8 Å². The average Bonchev–Trinajstić information content (AvgIpc) is 2.66. The molecular weight excluding hydrogens is 252 g/mol. The first kappa shape index (κ1) is 12.6. The first-order valence-electron chi connectivity index (χ1n) is 7.95. The van der Waals surface area contributed by atoms with E-state index in [9.17, 15) is 9.59 Å². The lowest BCUT2D eigenvalue weighted by atomic mass is 9.50. The standard InChI is InChI=1S/C16H22N2O2/c17-1-2-18-14(19)8-13(16(18)20)15-11-4-9-3-10(6-11)7-12(15)5-9/h8-12,15H,1-7,17H2. The fourth-order valence-electron chi connectivity index (χ4n) is 5.54. The van der Waals surface area contributed by atoms with Gasteiger partial charge in [-0.1, -0.05) is 0 Å². The van der Waals surface area contributed by atoms with Crippen LogP contribution in [0.3, 0.4) is 0 Å². The lowest BCUT2D eigenvalue weighted by Crippen LogP contribution is -2.47. The monoisotopic (exact) mass is 274 g/mol. The van der Waals surface area contributed by atoms with Crippen LogP contribution in [0.4, 0.5) is 0 Å². The molecule has 0 unspecified atom stereocenters. The largest absolute Gasteiger partial charge is 0.329 e. The first-order chi connectivity index (χ1) is 9.67. The molecule has 0 atom stereocenters. The van der Waals surface area contributed by atoms with Crippen molar-refractivity contribution in [1.82, 2.24) is 4.90 Å². The maximum absolute atomic E-state index is 12.5. The van der Waals surface area contributed by atoms with Crippen LogP contribution in [-0.2, 0) is 9.59 Å². The summed E-state index contributed by atoms with van der Waals surface area (Å²) in [5.41, 5.74) is 6.31. The molecule has 5 aliphatic rings. The van der Waals surface area contributed by atoms with Crippen molar-refractivity contribution in [3.8, 4) is 0 Å². The van der Waals surface area contributed by atoms with Gasteiger partial charge >= 0.3 is 0 Å². The van der Waals surface area contributed by atoms with Gasteiger partial charge in [-0.3, -0.25) is 14.5 Å². The van der Waals surface area contributed by atoms with Crippen molar-refractivity contribution in [2.24, 2.45) is 35.3 Å². The van der Waals surface area contributed by atoms with Crippen molar-refractivity contribution in [2.45, 2.75) is 32.1 Å². The number of hydrogen-bond acceptors (Lipinski definition) is 3. The van der Waals surface area contributed by atoms with Crippen LogP contribution >= 0.6 is 0 Å². The van der Waals surface area contributed by atoms with E-state index in [4.69, 9.17) is 5.73 Å². The molecule has 4 bridgehead atoms. The highest BCUT2D eigenvalue weighted by atomic mass is 16.2. The van der Waals surface area contributed by atoms with E-state index >= 15 is 0 Å². The maximum atomic E-state index is 12.5. The molecule has 0 saturated heterocycles. The number of nitrogens with zero attached hydrogens (tertiary/aromatic N) is 1. The molecule has 4 fully saturated rings. The predicted molar refractivity (Wildman–Crippen MR) is 74.4 cm³/mol. The van der Waals surface area contributed by atoms with Gasteiger partial charge in [-0.15, -0.1) is 0 Å². The molecular formula is C16H22N2O2. The second kappa shape index (κ2) is 4.42. The summed E-state index contributed by atoms with van der Waals surface area (Å²) < 4.78 is 0. The molecule has 2 N–H and O–H groups in total. The molecule has 0 aromatic heterocycles. The number of amides is 2. The van der Waals surface area contributed by atoms with Gasteiger partial charge in [0.05, 0.1) is 0 Å². The quantitative estimate of drug-likeness (QED) is 0.789. The molecule has 4 nitrogen and oxygen atoms in total. The van der Waals surface area contributed by atoms with Crippen molar-refractivity contribution >= 4 is 11.8 Å². The average molecular weight is 274 g/mol. The number of carbonyl (C=O) groups excluding carboxylic acids is 2. The highest BCUT2D eigenvalue weighted by Gasteiger charge is 2.51. The highest BCUT2D eigenvalue weighted by molar-refractivity contribution is 6.16. The number of nitrogens with two attached hydrogens (primary N) is 1. The Kier molecular flexibility index (Phi) is 2.78. The summed E-state index contributed by atoms with van der Waals surface area (Å²) in [7, 11) is 0. The lowest BCUT2D eigenvalue weighted by Gasteiger charge is -2.54. The molecule has 4 heteroatoms. The summed E-state index contributed by atoms with van der Waals surface area (Å²) in [5.74, 6) is 3.21. The van der Waals surface area contributed by atoms with Crippen LogP contribution in [-0.4, -0.2) is 29.8 Å². The van der Waals surface area contributed by atoms with E-state index in [1.54, 1.807) is 6.08 Å². The number of hydrogen-bond donors (Lipinski definition) is 1. The Morgan fingerprint density at radius 3 is 2.20 bits per heavy atom. The van der Waals surface area contributed by atoms with Gasteiger partial charge < -0.3 is 5.73 Å². The Hall–Kier alpha value is -1.16. The van der Waals surface area contributed by atoms with E-state index in [2.05, 4.69) is 0 Å². The zero-order valence-corrected chi connectivity index (χ0v) is 11.8. The molecule has 0 radical (unpaired) electrons. The maximum Gasteiger partial charge on any atom is 0.257 e. The summed E-state index contributed by atoms with van der Waals surface area (Å²) in [6.07, 6.45) is 8.11. The zero-order valence-electron chi connectivity index (χ0n) is 11.8. The van der Waals surface area contributed by atoms with Gasteiger partial charge in [0.1, 0.15) is 0 Å². The lowest BCUT2D eigenvalue weighted by molar-refractivity contribution is -0.138. The summed E-state index contributed by atoms with van der Waals surface area (Å²) in [6, 6.07) is 0. The Bertz CT molecular complexity index is 469. The second-order valence-corrected chi connectivity index (χ2v) is 7.14. The molecule has 5 rings (SSSR count). The van der Waals surface area contributed by atoms with Crippen LogP contribution in [0.5, 0.6) is 0 Å². The van der Waals surface area contributed by atoms with Crippen LogP contribution in [0.25, 0.3) is 0 Å². The molecule has 0 aromatic carbocycles. The molecule has 2 amide bonds. The van der Waals surface area contributed by atoms with Crippen molar-refractivity contribution in [3.05, 3.63) is 11.6 Å². The van der Waals surface area contributed by atoms with Crippen molar-refractivity contribution in [3.63, 3.8) is 0 Å². The normalized spacial score (nSPS) is 42.5. The molecule has 1 heterocycles. The topological polar surface area (TPSA) is 63.4 Å². The van der Waals surface area contributed by atoms with E-state index in [1.165, 1.54) is 37.0 Å². The molecule has 20 heavy (non-hydrogen) atoms. The third-order valence-electron chi connectivity index (χ3n) is 5.98. The van der Waals surface area contributed by atoms with Crippen LogP contribution in [0.1, 0.15) is 32.1 Å². The van der Waals surface area contributed by atoms with E-state index < -0.39 is 0 Å². The summed E-state index contributed by atoms with van der Waals surface area (Å²) in [6.45, 7) is 0.700. The van der Waals surface area contributed by atoms with Gasteiger partial charge in [0.25, 0.3) is 11.8 Å². The fourth-order valence-corrected chi connectivity index (χ4v) is 5.54. The summed E-state index contributed by atoms with van der Waals surface area (Å²) in [5, 5.41) is 0. The minimum atomic E-state index is -0.149. The smallest absolute Gasteiger partial charge is 0.257 e. The van der Waals surface area contributed by atoms with Crippen molar-refractivity contribution in [1.29, 1.82) is 0 Å². The third kappa shape index (κ3) is 1.70. The number of rotatable bonds is 3. The first-order valence-corrected chi connectivity index (χ1v) is 7.95. The van der Waals surface area contributed by atoms with E-state index in [1.807, 2.05) is 0 Å². The van der Waals surface area contributed by atoms with E-state index in [0.717, 1.165) is 17.4 Å². The van der Waals surface area contributed by atoms with Crippen LogP contribution in [0.15, 0.2) is 11.6 Å². The zero-order chi connectivity index (χ0) is 13.9. The number of imide groups is 1. The highest BCUT2D eigenvalue weighted by Crippen LogP contribution is 2.58. The van der Waals surface area contributed by atoms with Crippen LogP contribution < -0.4 is 5.73 Å². The minimum Gasteiger partial charge on any atom is -0.329 e. The van der Waals surface area contributed by atoms with Gasteiger partial charge in [-0.05, 0) is 61.7 Å². The van der Waals surface area contributed by atoms with Gasteiger partial charge in [0.2, 0.25) is 0 Å². The Labute approximate surface area is 119 Å². The van der Waals surface area contributed by atoms with Crippen LogP contribution in [0, 0.1) is 29.6 Å². The van der Waals surface area contributed by atoms with Gasteiger partial charge in [-0.25, -0.2) is 0 Å². The van der Waals surface area contributed by atoms with Crippen LogP contribution in [0.2, 0.25) is 0 Å². The predicted octanol–water partition coefficient (Wildman–Crippen LogP) is 1.31. The van der Waals surface area contributed by atoms with Gasteiger partial charge in [0, 0.05) is 24.7 Å². The summed E-state index contributed by atoms with van der Waals surface area (Å²) >= 11 is 0. The summed E-state index contributed by atoms with van der Waals surface area (Å²) in [4.78, 5) is 25.8. The second-order valence-electron chi connectivity index (χ2n) is 7.14. The SMILES string of the molecule is NCCN1C(=O)C=C(C2C3CC4CC(C3)CC2C4)C1=O. The molecule has 4 saturated carbocycles. The Morgan fingerprint density at radius 1 is 1.05 bits per heavy atom. The van der Waals surface area contributed by atoms with E-state index in [-0.39, 0.29) is 11.8 Å².